The van der Waals surface area contributed by atoms with Crippen LogP contribution in [0.1, 0.15) is 0 Å². The van der Waals surface area contributed by atoms with Crippen LogP contribution < -0.4 is 11.0 Å². The minimum atomic E-state index is -0.821. The number of hydrogen-bond donors (Lipinski definition) is 2. The molecule has 1 atom stereocenters. The van der Waals surface area contributed by atoms with Crippen LogP contribution >= 0.6 is 0 Å². The Balaban J connectivity index is 2.24. The molecule has 7 nitrogen and oxygen atoms in total. The van der Waals surface area contributed by atoms with Crippen molar-refractivity contribution in [3.8, 4) is 6.57 Å². The summed E-state index contributed by atoms with van der Waals surface area (Å²) in [5.74, 6) is 0. The number of hydrazine groups is 1. The molecule has 50 valence electrons. The van der Waals surface area contributed by atoms with Crippen LogP contribution in [0, 0.1) is 11.8 Å². The Hall–Kier alpha value is -0.750. The fraction of sp³-hybridized carbons (Fsp3) is 0.500. The Morgan fingerprint density at radius 3 is 3.11 bits per heavy atom. The molecule has 0 bridgehead atoms. The standard InChI is InChI=1S/C2H5N4O3/c1-3-2-5-4-8-6(7)9-5/h1,4,6H,2H2/q+1. The lowest BCUT2D eigenvalue weighted by atomic mass is 11.2. The number of hydroxylamine groups is 1. The molecule has 1 aliphatic heterocycles. The van der Waals surface area contributed by atoms with E-state index in [-0.39, 0.29) is 6.67 Å². The highest BCUT2D eigenvalue weighted by molar-refractivity contribution is 4.59. The zero-order valence-electron chi connectivity index (χ0n) is 4.40. The summed E-state index contributed by atoms with van der Waals surface area (Å²) in [6.07, 6.45) is 0. The molecule has 0 aliphatic carbocycles. The molecule has 1 heterocycles. The van der Waals surface area contributed by atoms with Crippen LogP contribution in [0.15, 0.2) is 0 Å². The first-order valence-corrected chi connectivity index (χ1v) is 2.11. The van der Waals surface area contributed by atoms with E-state index in [9.17, 15) is 5.21 Å². The van der Waals surface area contributed by atoms with E-state index in [0.717, 1.165) is 5.17 Å². The number of nitrogens with one attached hydrogen (secondary N) is 2. The van der Waals surface area contributed by atoms with Crippen LogP contribution in [0.25, 0.3) is 4.85 Å². The van der Waals surface area contributed by atoms with E-state index in [2.05, 4.69) is 20.3 Å². The second-order valence-electron chi connectivity index (χ2n) is 1.24. The van der Waals surface area contributed by atoms with Gasteiger partial charge in [0, 0.05) is 5.17 Å². The molecular weight excluding hydrogens is 128 g/mol. The van der Waals surface area contributed by atoms with Gasteiger partial charge in [0.25, 0.3) is 6.57 Å². The van der Waals surface area contributed by atoms with E-state index >= 15 is 0 Å². The van der Waals surface area contributed by atoms with E-state index in [1.165, 1.54) is 0 Å². The van der Waals surface area contributed by atoms with E-state index in [4.69, 9.17) is 6.57 Å². The number of nitrogens with zero attached hydrogens (tertiary/aromatic N) is 2. The molecule has 1 rings (SSSR count). The van der Waals surface area contributed by atoms with Gasteiger partial charge in [-0.1, -0.05) is 9.78 Å². The predicted octanol–water partition coefficient (Wildman–Crippen LogP) is -2.20. The molecule has 0 spiro atoms. The lowest BCUT2D eigenvalue weighted by Gasteiger charge is -2.01. The predicted molar refractivity (Wildman–Crippen MR) is 24.6 cm³/mol. The van der Waals surface area contributed by atoms with Gasteiger partial charge < -0.3 is 5.21 Å². The van der Waals surface area contributed by atoms with Crippen molar-refractivity contribution >= 4 is 0 Å². The Morgan fingerprint density at radius 2 is 2.67 bits per heavy atom. The third-order valence-electron chi connectivity index (χ3n) is 0.626. The van der Waals surface area contributed by atoms with E-state index in [1.807, 2.05) is 0 Å². The van der Waals surface area contributed by atoms with Gasteiger partial charge in [-0.15, -0.1) is 0 Å². The van der Waals surface area contributed by atoms with Crippen molar-refractivity contribution in [2.24, 2.45) is 0 Å². The Bertz CT molecular complexity index is 132. The molecule has 0 amide bonds. The van der Waals surface area contributed by atoms with Gasteiger partial charge in [-0.2, -0.15) is 0 Å². The number of hydrogen-bond acceptors (Lipinski definition) is 5. The average Bonchev–Trinajstić information content (AvgIpc) is 2.17. The van der Waals surface area contributed by atoms with E-state index in [1.54, 1.807) is 0 Å². The molecule has 0 aromatic carbocycles. The highest BCUT2D eigenvalue weighted by Crippen LogP contribution is 1.82. The number of rotatable bonds is 1. The highest BCUT2D eigenvalue weighted by atomic mass is 17.3. The minimum Gasteiger partial charge on any atom is -0.563 e. The topological polar surface area (TPSA) is 65.6 Å². The van der Waals surface area contributed by atoms with Gasteiger partial charge in [0.15, 0.2) is 0 Å². The first kappa shape index (κ1) is 6.37. The summed E-state index contributed by atoms with van der Waals surface area (Å²) in [7, 11) is 0. The Kier molecular flexibility index (Phi) is 1.91. The Labute approximate surface area is 50.5 Å². The second kappa shape index (κ2) is 2.70. The van der Waals surface area contributed by atoms with Crippen molar-refractivity contribution in [1.29, 1.82) is 0 Å². The van der Waals surface area contributed by atoms with Crippen LogP contribution in [-0.4, -0.2) is 11.8 Å². The zero-order chi connectivity index (χ0) is 6.69. The van der Waals surface area contributed by atoms with Gasteiger partial charge in [-0.05, 0) is 15.9 Å². The van der Waals surface area contributed by atoms with Gasteiger partial charge in [0.1, 0.15) is 0 Å². The van der Waals surface area contributed by atoms with Crippen LogP contribution in [0.2, 0.25) is 0 Å². The summed E-state index contributed by atoms with van der Waals surface area (Å²) in [5.41, 5.74) is 2.10. The van der Waals surface area contributed by atoms with Crippen LogP contribution in [0.3, 0.4) is 0 Å². The summed E-state index contributed by atoms with van der Waals surface area (Å²) in [6.45, 7) is 4.78. The van der Waals surface area contributed by atoms with E-state index < -0.39 is 5.39 Å². The largest absolute Gasteiger partial charge is 0.563 e. The third kappa shape index (κ3) is 1.58. The van der Waals surface area contributed by atoms with Gasteiger partial charge in [-0.3, -0.25) is 0 Å². The fourth-order valence-corrected chi connectivity index (χ4v) is 0.347. The molecule has 1 aliphatic rings. The average molecular weight is 133 g/mol. The molecule has 9 heavy (non-hydrogen) atoms. The summed E-state index contributed by atoms with van der Waals surface area (Å²) in [6, 6.07) is 0. The van der Waals surface area contributed by atoms with Crippen molar-refractivity contribution in [2.75, 3.05) is 6.67 Å². The van der Waals surface area contributed by atoms with Crippen LogP contribution in [-0.2, 0) is 9.88 Å². The normalized spacial score (nSPS) is 28.2. The maximum atomic E-state index is 10.1. The molecular formula is C2H5N4O3+. The fourth-order valence-electron chi connectivity index (χ4n) is 0.347. The monoisotopic (exact) mass is 133 g/mol. The summed E-state index contributed by atoms with van der Waals surface area (Å²) in [5, 5.41) is 10.2. The van der Waals surface area contributed by atoms with Crippen molar-refractivity contribution in [3.05, 3.63) is 10.1 Å². The van der Waals surface area contributed by atoms with Crippen molar-refractivity contribution in [2.45, 2.75) is 0 Å². The van der Waals surface area contributed by atoms with Crippen LogP contribution in [0.5, 0.6) is 0 Å². The van der Waals surface area contributed by atoms with Gasteiger partial charge in [0.05, 0.1) is 0 Å². The molecule has 1 saturated heterocycles. The second-order valence-corrected chi connectivity index (χ2v) is 1.24. The minimum absolute atomic E-state index is 0.0335. The van der Waals surface area contributed by atoms with Crippen molar-refractivity contribution in [3.63, 3.8) is 0 Å². The summed E-state index contributed by atoms with van der Waals surface area (Å²) >= 11 is 0. The molecule has 0 saturated carbocycles. The summed E-state index contributed by atoms with van der Waals surface area (Å²) < 4.78 is 0. The smallest absolute Gasteiger partial charge is 0.360 e. The Morgan fingerprint density at radius 1 is 1.89 bits per heavy atom. The molecule has 2 N–H and O–H groups in total. The lowest BCUT2D eigenvalue weighted by molar-refractivity contribution is -1.20. The molecule has 1 fully saturated rings. The molecule has 7 heteroatoms. The van der Waals surface area contributed by atoms with Crippen LogP contribution in [0.4, 0.5) is 0 Å². The quantitative estimate of drug-likeness (QED) is 0.397. The van der Waals surface area contributed by atoms with Crippen molar-refractivity contribution < 1.29 is 15.3 Å². The first-order chi connectivity index (χ1) is 4.33. The molecule has 0 aromatic rings. The van der Waals surface area contributed by atoms with Gasteiger partial charge >= 0.3 is 6.67 Å². The van der Waals surface area contributed by atoms with Crippen molar-refractivity contribution in [1.82, 2.24) is 10.8 Å². The summed E-state index contributed by atoms with van der Waals surface area (Å²) in [4.78, 5) is 11.6. The van der Waals surface area contributed by atoms with E-state index in [0.29, 0.717) is 0 Å². The molecule has 0 aromatic heterocycles. The van der Waals surface area contributed by atoms with Gasteiger partial charge in [0.2, 0.25) is 0 Å². The lowest BCUT2D eigenvalue weighted by Crippen LogP contribution is -3.03. The first-order valence-electron chi connectivity index (χ1n) is 2.11. The number of quaternary nitrogens is 1. The molecule has 0 radical (unpaired) electrons. The highest BCUT2D eigenvalue weighted by Gasteiger charge is 2.24. The maximum absolute atomic E-state index is 10.1. The SMILES string of the molecule is C#[N+]CN1NO[NH+]([O-])O1. The van der Waals surface area contributed by atoms with Gasteiger partial charge in [-0.25, -0.2) is 0 Å². The third-order valence-corrected chi connectivity index (χ3v) is 0.626. The zero-order valence-corrected chi connectivity index (χ0v) is 4.40. The maximum Gasteiger partial charge on any atom is 0.360 e. The molecule has 1 unspecified atom stereocenters.